The third-order valence-corrected chi connectivity index (χ3v) is 4.46. The number of pyridine rings is 1. The van der Waals surface area contributed by atoms with Crippen LogP contribution in [0.2, 0.25) is 0 Å². The molecule has 3 rings (SSSR count). The molecule has 2 fully saturated rings. The molecule has 24 heavy (non-hydrogen) atoms. The number of hydrogen-bond donors (Lipinski definition) is 0. The zero-order valence-corrected chi connectivity index (χ0v) is 15.0. The van der Waals surface area contributed by atoms with Crippen molar-refractivity contribution in [1.82, 2.24) is 4.98 Å². The molecule has 6 heteroatoms. The van der Waals surface area contributed by atoms with Gasteiger partial charge in [-0.15, -0.1) is 0 Å². The van der Waals surface area contributed by atoms with Gasteiger partial charge in [-0.1, -0.05) is 0 Å². The van der Waals surface area contributed by atoms with E-state index >= 15 is 0 Å². The number of hydrogen-bond acceptors (Lipinski definition) is 6. The largest absolute Gasteiger partial charge is 0.372 e. The molecule has 0 aromatic carbocycles. The Balaban J connectivity index is 1.90. The number of nitrogens with zero attached hydrogens (tertiary/aromatic N) is 4. The van der Waals surface area contributed by atoms with Crippen LogP contribution in [-0.4, -0.2) is 55.6 Å². The van der Waals surface area contributed by atoms with Crippen LogP contribution >= 0.6 is 0 Å². The summed E-state index contributed by atoms with van der Waals surface area (Å²) in [6, 6.07) is 6.10. The lowest BCUT2D eigenvalue weighted by Crippen LogP contribution is -2.50. The third kappa shape index (κ3) is 3.63. The molecule has 1 aromatic heterocycles. The second-order valence-corrected chi connectivity index (χ2v) is 7.71. The molecule has 0 amide bonds. The Morgan fingerprint density at radius 2 is 1.58 bits per heavy atom. The maximum absolute atomic E-state index is 9.48. The minimum Gasteiger partial charge on any atom is -0.372 e. The Labute approximate surface area is 144 Å². The van der Waals surface area contributed by atoms with E-state index in [9.17, 15) is 5.26 Å². The van der Waals surface area contributed by atoms with Gasteiger partial charge in [0, 0.05) is 26.2 Å². The summed E-state index contributed by atoms with van der Waals surface area (Å²) < 4.78 is 11.6. The van der Waals surface area contributed by atoms with Gasteiger partial charge in [-0.3, -0.25) is 0 Å². The van der Waals surface area contributed by atoms with Crippen LogP contribution in [0.4, 0.5) is 11.6 Å². The average molecular weight is 330 g/mol. The van der Waals surface area contributed by atoms with Crippen molar-refractivity contribution in [3.05, 3.63) is 17.7 Å². The first-order valence-corrected chi connectivity index (χ1v) is 8.49. The van der Waals surface area contributed by atoms with Gasteiger partial charge in [-0.05, 0) is 39.8 Å². The minimum absolute atomic E-state index is 0.186. The second-order valence-electron chi connectivity index (χ2n) is 7.71. The number of ether oxygens (including phenoxy) is 2. The molecule has 0 atom stereocenters. The van der Waals surface area contributed by atoms with Crippen molar-refractivity contribution >= 4 is 11.6 Å². The highest BCUT2D eigenvalue weighted by Crippen LogP contribution is 2.28. The van der Waals surface area contributed by atoms with Crippen LogP contribution < -0.4 is 9.80 Å². The smallest absolute Gasteiger partial charge is 0.149 e. The van der Waals surface area contributed by atoms with Crippen LogP contribution in [0.3, 0.4) is 0 Å². The summed E-state index contributed by atoms with van der Waals surface area (Å²) in [4.78, 5) is 9.24. The molecular weight excluding hydrogens is 304 g/mol. The highest BCUT2D eigenvalue weighted by molar-refractivity contribution is 5.59. The topological polar surface area (TPSA) is 61.6 Å². The van der Waals surface area contributed by atoms with Crippen LogP contribution in [0, 0.1) is 11.3 Å². The van der Waals surface area contributed by atoms with Gasteiger partial charge in [0.1, 0.15) is 17.7 Å². The van der Waals surface area contributed by atoms with Crippen molar-refractivity contribution < 1.29 is 9.47 Å². The first-order valence-electron chi connectivity index (χ1n) is 8.49. The van der Waals surface area contributed by atoms with Gasteiger partial charge in [-0.2, -0.15) is 5.26 Å². The molecule has 2 aliphatic rings. The molecular formula is C18H26N4O2. The van der Waals surface area contributed by atoms with Crippen LogP contribution in [0.15, 0.2) is 12.1 Å². The summed E-state index contributed by atoms with van der Waals surface area (Å²) in [6.45, 7) is 12.7. The van der Waals surface area contributed by atoms with Crippen molar-refractivity contribution in [3.63, 3.8) is 0 Å². The monoisotopic (exact) mass is 330 g/mol. The standard InChI is InChI=1S/C18H26N4O2/c1-17(2)12-21(7-9-23-17)15-6-5-14(11-19)16(20-15)22-8-10-24-18(3,4)13-22/h5-6H,7-10,12-13H2,1-4H3. The Hall–Kier alpha value is -1.84. The lowest BCUT2D eigenvalue weighted by Gasteiger charge is -2.41. The summed E-state index contributed by atoms with van der Waals surface area (Å²) in [5, 5.41) is 9.48. The first-order chi connectivity index (χ1) is 11.3. The molecule has 0 aliphatic carbocycles. The molecule has 3 heterocycles. The van der Waals surface area contributed by atoms with E-state index in [0.717, 1.165) is 37.8 Å². The van der Waals surface area contributed by atoms with Crippen molar-refractivity contribution in [3.8, 4) is 6.07 Å². The molecule has 1 aromatic rings. The number of anilines is 2. The highest BCUT2D eigenvalue weighted by Gasteiger charge is 2.31. The van der Waals surface area contributed by atoms with Gasteiger partial charge < -0.3 is 19.3 Å². The number of aromatic nitrogens is 1. The summed E-state index contributed by atoms with van der Waals surface area (Å²) in [5.41, 5.74) is 0.197. The van der Waals surface area contributed by atoms with Crippen LogP contribution in [0.25, 0.3) is 0 Å². The lowest BCUT2D eigenvalue weighted by atomic mass is 10.1. The molecule has 2 aliphatic heterocycles. The molecule has 2 saturated heterocycles. The number of nitriles is 1. The van der Waals surface area contributed by atoms with E-state index in [4.69, 9.17) is 14.5 Å². The molecule has 0 N–H and O–H groups in total. The van der Waals surface area contributed by atoms with Gasteiger partial charge >= 0.3 is 0 Å². The first kappa shape index (κ1) is 17.0. The Morgan fingerprint density at radius 3 is 2.17 bits per heavy atom. The molecule has 0 bridgehead atoms. The van der Waals surface area contributed by atoms with Crippen molar-refractivity contribution in [2.75, 3.05) is 49.2 Å². The van der Waals surface area contributed by atoms with Gasteiger partial charge in [0.2, 0.25) is 0 Å². The average Bonchev–Trinajstić information content (AvgIpc) is 2.52. The maximum Gasteiger partial charge on any atom is 0.149 e. The van der Waals surface area contributed by atoms with Crippen LogP contribution in [0.5, 0.6) is 0 Å². The zero-order valence-electron chi connectivity index (χ0n) is 15.0. The van der Waals surface area contributed by atoms with Gasteiger partial charge in [-0.25, -0.2) is 4.98 Å². The Morgan fingerprint density at radius 1 is 1.00 bits per heavy atom. The SMILES string of the molecule is CC1(C)CN(c2ccc(C#N)c(N3CCOC(C)(C)C3)n2)CCO1. The normalized spacial score (nSPS) is 23.0. The fraction of sp³-hybridized carbons (Fsp3) is 0.667. The number of morpholine rings is 2. The minimum atomic E-state index is -0.233. The number of rotatable bonds is 2. The highest BCUT2D eigenvalue weighted by atomic mass is 16.5. The lowest BCUT2D eigenvalue weighted by molar-refractivity contribution is -0.0281. The third-order valence-electron chi connectivity index (χ3n) is 4.46. The Bertz CT molecular complexity index is 651. The van der Waals surface area contributed by atoms with Crippen molar-refractivity contribution in [1.29, 1.82) is 5.26 Å². The van der Waals surface area contributed by atoms with E-state index in [1.165, 1.54) is 0 Å². The summed E-state index contributed by atoms with van der Waals surface area (Å²) in [5.74, 6) is 1.67. The maximum atomic E-state index is 9.48. The summed E-state index contributed by atoms with van der Waals surface area (Å²) in [6.07, 6.45) is 0. The molecule has 0 spiro atoms. The molecule has 0 unspecified atom stereocenters. The van der Waals surface area contributed by atoms with Crippen LogP contribution in [-0.2, 0) is 9.47 Å². The van der Waals surface area contributed by atoms with E-state index in [-0.39, 0.29) is 11.2 Å². The van der Waals surface area contributed by atoms with Gasteiger partial charge in [0.25, 0.3) is 0 Å². The fourth-order valence-electron chi connectivity index (χ4n) is 3.35. The van der Waals surface area contributed by atoms with Gasteiger partial charge in [0.15, 0.2) is 0 Å². The van der Waals surface area contributed by atoms with E-state index in [1.807, 2.05) is 12.1 Å². The summed E-state index contributed by atoms with van der Waals surface area (Å²) >= 11 is 0. The predicted octanol–water partition coefficient (Wildman–Crippen LogP) is 2.18. The van der Waals surface area contributed by atoms with E-state index < -0.39 is 0 Å². The molecule has 130 valence electrons. The molecule has 0 saturated carbocycles. The van der Waals surface area contributed by atoms with E-state index in [2.05, 4.69) is 43.6 Å². The predicted molar refractivity (Wildman–Crippen MR) is 93.4 cm³/mol. The zero-order chi connectivity index (χ0) is 17.4. The van der Waals surface area contributed by atoms with Crippen molar-refractivity contribution in [2.24, 2.45) is 0 Å². The summed E-state index contributed by atoms with van der Waals surface area (Å²) in [7, 11) is 0. The van der Waals surface area contributed by atoms with Crippen LogP contribution in [0.1, 0.15) is 33.3 Å². The second kappa shape index (κ2) is 6.23. The van der Waals surface area contributed by atoms with E-state index in [1.54, 1.807) is 0 Å². The molecule has 0 radical (unpaired) electrons. The van der Waals surface area contributed by atoms with E-state index in [0.29, 0.717) is 18.8 Å². The van der Waals surface area contributed by atoms with Crippen molar-refractivity contribution in [2.45, 2.75) is 38.9 Å². The quantitative estimate of drug-likeness (QED) is 0.828. The Kier molecular flexibility index (Phi) is 4.41. The van der Waals surface area contributed by atoms with Gasteiger partial charge in [0.05, 0.1) is 30.0 Å². The molecule has 6 nitrogen and oxygen atoms in total. The fourth-order valence-corrected chi connectivity index (χ4v) is 3.35.